The van der Waals surface area contributed by atoms with Gasteiger partial charge in [0.1, 0.15) is 0 Å². The maximum absolute atomic E-state index is 10.4. The molecule has 1 fully saturated rings. The van der Waals surface area contributed by atoms with Gasteiger partial charge in [-0.05, 0) is 0 Å². The van der Waals surface area contributed by atoms with E-state index in [1.165, 1.54) is 0 Å². The zero-order valence-corrected chi connectivity index (χ0v) is 6.76. The molecule has 1 atom stereocenters. The van der Waals surface area contributed by atoms with Gasteiger partial charge in [-0.15, -0.1) is 0 Å². The lowest BCUT2D eigenvalue weighted by Crippen LogP contribution is -2.51. The largest absolute Gasteiger partial charge is 0.478 e. The number of carboxylic acid groups (broad SMARTS) is 1. The molecule has 4 heteroatoms. The molecule has 0 aromatic rings. The lowest BCUT2D eigenvalue weighted by atomic mass is 9.94. The molecule has 11 heavy (non-hydrogen) atoms. The average molecular weight is 159 g/mol. The second-order valence-corrected chi connectivity index (χ2v) is 3.57. The maximum atomic E-state index is 10.4. The van der Waals surface area contributed by atoms with Crippen LogP contribution in [0.15, 0.2) is 0 Å². The molecular weight excluding hydrogens is 146 g/mol. The Labute approximate surface area is 65.5 Å². The molecule has 4 nitrogen and oxygen atoms in total. The van der Waals surface area contributed by atoms with Crippen molar-refractivity contribution in [2.45, 2.75) is 20.1 Å². The van der Waals surface area contributed by atoms with Gasteiger partial charge >= 0.3 is 5.97 Å². The van der Waals surface area contributed by atoms with E-state index in [1.807, 2.05) is 13.8 Å². The van der Waals surface area contributed by atoms with Crippen molar-refractivity contribution in [3.8, 4) is 0 Å². The molecule has 64 valence electrons. The van der Waals surface area contributed by atoms with Gasteiger partial charge < -0.3 is 9.84 Å². The molecule has 1 saturated heterocycles. The van der Waals surface area contributed by atoms with Crippen molar-refractivity contribution >= 4 is 5.97 Å². The lowest BCUT2D eigenvalue weighted by Gasteiger charge is -2.33. The van der Waals surface area contributed by atoms with Gasteiger partial charge in [0.05, 0.1) is 6.61 Å². The van der Waals surface area contributed by atoms with Crippen LogP contribution in [0, 0.1) is 5.41 Å². The highest BCUT2D eigenvalue weighted by molar-refractivity contribution is 5.71. The molecular formula is C7H13NO3. The van der Waals surface area contributed by atoms with E-state index in [0.717, 1.165) is 0 Å². The number of rotatable bonds is 1. The van der Waals surface area contributed by atoms with Crippen LogP contribution in [0.2, 0.25) is 0 Å². The smallest absolute Gasteiger partial charge is 0.348 e. The van der Waals surface area contributed by atoms with Crippen LogP contribution in [0.1, 0.15) is 13.8 Å². The minimum Gasteiger partial charge on any atom is -0.478 e. The highest BCUT2D eigenvalue weighted by atomic mass is 16.5. The molecule has 1 unspecified atom stereocenters. The van der Waals surface area contributed by atoms with Gasteiger partial charge in [-0.2, -0.15) is 0 Å². The zero-order chi connectivity index (χ0) is 8.48. The van der Waals surface area contributed by atoms with Crippen molar-refractivity contribution in [3.63, 3.8) is 0 Å². The zero-order valence-electron chi connectivity index (χ0n) is 6.76. The molecule has 0 radical (unpaired) electrons. The SMILES string of the molecule is CC1(C)CNC(C(=O)O)OC1. The van der Waals surface area contributed by atoms with Crippen LogP contribution >= 0.6 is 0 Å². The predicted octanol–water partition coefficient (Wildman–Crippen LogP) is 0.0431. The summed E-state index contributed by atoms with van der Waals surface area (Å²) in [6.45, 7) is 5.23. The van der Waals surface area contributed by atoms with Crippen molar-refractivity contribution in [3.05, 3.63) is 0 Å². The number of aliphatic carboxylic acids is 1. The maximum Gasteiger partial charge on any atom is 0.348 e. The van der Waals surface area contributed by atoms with Crippen LogP contribution in [0.4, 0.5) is 0 Å². The van der Waals surface area contributed by atoms with E-state index in [1.54, 1.807) is 0 Å². The first-order valence-electron chi connectivity index (χ1n) is 3.59. The van der Waals surface area contributed by atoms with Crippen molar-refractivity contribution in [2.75, 3.05) is 13.2 Å². The van der Waals surface area contributed by atoms with Gasteiger partial charge in [-0.25, -0.2) is 4.79 Å². The molecule has 0 amide bonds. The highest BCUT2D eigenvalue weighted by Crippen LogP contribution is 2.18. The summed E-state index contributed by atoms with van der Waals surface area (Å²) < 4.78 is 5.04. The molecule has 1 aliphatic rings. The lowest BCUT2D eigenvalue weighted by molar-refractivity contribution is -0.160. The Bertz CT molecular complexity index is 157. The van der Waals surface area contributed by atoms with Gasteiger partial charge in [0, 0.05) is 12.0 Å². The summed E-state index contributed by atoms with van der Waals surface area (Å²) in [5.74, 6) is -0.944. The summed E-state index contributed by atoms with van der Waals surface area (Å²) in [4.78, 5) is 10.4. The first kappa shape index (κ1) is 8.49. The van der Waals surface area contributed by atoms with Gasteiger partial charge in [-0.1, -0.05) is 13.8 Å². The van der Waals surface area contributed by atoms with E-state index in [-0.39, 0.29) is 5.41 Å². The Kier molecular flexibility index (Phi) is 2.15. The third kappa shape index (κ3) is 2.17. The predicted molar refractivity (Wildman–Crippen MR) is 39.2 cm³/mol. The van der Waals surface area contributed by atoms with Gasteiger partial charge in [0.15, 0.2) is 0 Å². The molecule has 0 aromatic heterocycles. The van der Waals surface area contributed by atoms with E-state index >= 15 is 0 Å². The van der Waals surface area contributed by atoms with E-state index in [2.05, 4.69) is 5.32 Å². The van der Waals surface area contributed by atoms with Crippen molar-refractivity contribution in [1.82, 2.24) is 5.32 Å². The van der Waals surface area contributed by atoms with Crippen molar-refractivity contribution < 1.29 is 14.6 Å². The minimum absolute atomic E-state index is 0.0476. The van der Waals surface area contributed by atoms with Crippen molar-refractivity contribution in [1.29, 1.82) is 0 Å². The Hall–Kier alpha value is -0.610. The second kappa shape index (κ2) is 2.79. The molecule has 0 spiro atoms. The van der Waals surface area contributed by atoms with Crippen LogP contribution in [0.5, 0.6) is 0 Å². The third-order valence-corrected chi connectivity index (χ3v) is 1.63. The third-order valence-electron chi connectivity index (χ3n) is 1.63. The van der Waals surface area contributed by atoms with E-state index < -0.39 is 12.2 Å². The van der Waals surface area contributed by atoms with Crippen LogP contribution in [0.3, 0.4) is 0 Å². The van der Waals surface area contributed by atoms with E-state index in [4.69, 9.17) is 9.84 Å². The summed E-state index contributed by atoms with van der Waals surface area (Å²) in [6, 6.07) is 0. The van der Waals surface area contributed by atoms with Gasteiger partial charge in [-0.3, -0.25) is 5.32 Å². The molecule has 1 rings (SSSR count). The Morgan fingerprint density at radius 2 is 2.36 bits per heavy atom. The molecule has 1 aliphatic heterocycles. The molecule has 2 N–H and O–H groups in total. The standard InChI is InChI=1S/C7H13NO3/c1-7(2)3-8-5(6(9)10)11-4-7/h5,8H,3-4H2,1-2H3,(H,9,10). The second-order valence-electron chi connectivity index (χ2n) is 3.57. The Morgan fingerprint density at radius 3 is 2.73 bits per heavy atom. The Balaban J connectivity index is 2.42. The minimum atomic E-state index is -0.944. The first-order valence-corrected chi connectivity index (χ1v) is 3.59. The number of carbonyl (C=O) groups is 1. The van der Waals surface area contributed by atoms with Crippen LogP contribution in [-0.4, -0.2) is 30.5 Å². The number of hydrogen-bond acceptors (Lipinski definition) is 3. The van der Waals surface area contributed by atoms with Crippen LogP contribution < -0.4 is 5.32 Å². The number of carboxylic acids is 1. The Morgan fingerprint density at radius 1 is 1.73 bits per heavy atom. The fourth-order valence-corrected chi connectivity index (χ4v) is 0.946. The summed E-state index contributed by atoms with van der Waals surface area (Å²) in [5, 5.41) is 11.3. The number of nitrogens with one attached hydrogen (secondary N) is 1. The van der Waals surface area contributed by atoms with Gasteiger partial charge in [0.25, 0.3) is 0 Å². The summed E-state index contributed by atoms with van der Waals surface area (Å²) in [6.07, 6.45) is -0.817. The summed E-state index contributed by atoms with van der Waals surface area (Å²) in [5.41, 5.74) is 0.0476. The fraction of sp³-hybridized carbons (Fsp3) is 0.857. The highest BCUT2D eigenvalue weighted by Gasteiger charge is 2.30. The van der Waals surface area contributed by atoms with E-state index in [0.29, 0.717) is 13.2 Å². The summed E-state index contributed by atoms with van der Waals surface area (Å²) in [7, 11) is 0. The fourth-order valence-electron chi connectivity index (χ4n) is 0.946. The molecule has 0 aliphatic carbocycles. The molecule has 1 heterocycles. The number of ether oxygens (including phenoxy) is 1. The molecule has 0 aromatic carbocycles. The average Bonchev–Trinajstić information content (AvgIpc) is 1.86. The first-order chi connectivity index (χ1) is 5.01. The topological polar surface area (TPSA) is 58.6 Å². The van der Waals surface area contributed by atoms with Crippen LogP contribution in [0.25, 0.3) is 0 Å². The quantitative estimate of drug-likeness (QED) is 0.567. The number of hydrogen-bond donors (Lipinski definition) is 2. The summed E-state index contributed by atoms with van der Waals surface area (Å²) >= 11 is 0. The van der Waals surface area contributed by atoms with Crippen LogP contribution in [-0.2, 0) is 9.53 Å². The molecule has 0 saturated carbocycles. The van der Waals surface area contributed by atoms with Crippen molar-refractivity contribution in [2.24, 2.45) is 5.41 Å². The van der Waals surface area contributed by atoms with E-state index in [9.17, 15) is 4.79 Å². The van der Waals surface area contributed by atoms with Gasteiger partial charge in [0.2, 0.25) is 6.23 Å². The monoisotopic (exact) mass is 159 g/mol. The normalized spacial score (nSPS) is 29.8. The molecule has 0 bridgehead atoms.